The summed E-state index contributed by atoms with van der Waals surface area (Å²) in [7, 11) is 2.08. The molecule has 0 saturated carbocycles. The topological polar surface area (TPSA) is 58.1 Å². The first-order valence-corrected chi connectivity index (χ1v) is 8.38. The van der Waals surface area contributed by atoms with Gasteiger partial charge in [0.2, 0.25) is 5.91 Å². The summed E-state index contributed by atoms with van der Waals surface area (Å²) in [5.74, 6) is 0.0444. The fourth-order valence-corrected chi connectivity index (χ4v) is 3.57. The molecule has 3 aromatic rings. The van der Waals surface area contributed by atoms with Crippen molar-refractivity contribution in [3.63, 3.8) is 0 Å². The second-order valence-electron chi connectivity index (χ2n) is 6.65. The first-order valence-electron chi connectivity index (χ1n) is 8.38. The molecule has 0 bridgehead atoms. The lowest BCUT2D eigenvalue weighted by Crippen LogP contribution is -2.44. The number of nitrogens with zero attached hydrogens (tertiary/aromatic N) is 1. The molecular weight excluding hydrogens is 300 g/mol. The number of amides is 1. The van der Waals surface area contributed by atoms with Crippen LogP contribution < -0.4 is 16.2 Å². The van der Waals surface area contributed by atoms with Crippen LogP contribution in [0.5, 0.6) is 0 Å². The number of hydrazine groups is 1. The molecule has 1 aliphatic heterocycles. The molecule has 0 aliphatic carbocycles. The number of hydrogen-bond acceptors (Lipinski definition) is 3. The number of carbonyl (C=O) groups is 1. The summed E-state index contributed by atoms with van der Waals surface area (Å²) in [6.45, 7) is 2.09. The van der Waals surface area contributed by atoms with E-state index in [2.05, 4.69) is 71.1 Å². The SMILES string of the molecule is CC1CC(NC(=O)Cc2ccc3c(c2)c2ccccc2n3C)NN1. The Labute approximate surface area is 141 Å². The number of carbonyl (C=O) groups excluding carboxylic acids is 1. The Balaban J connectivity index is 1.58. The van der Waals surface area contributed by atoms with Crippen molar-refractivity contribution < 1.29 is 4.79 Å². The lowest BCUT2D eigenvalue weighted by Gasteiger charge is -2.12. The molecule has 4 rings (SSSR count). The summed E-state index contributed by atoms with van der Waals surface area (Å²) in [5.41, 5.74) is 9.65. The second kappa shape index (κ2) is 5.92. The summed E-state index contributed by atoms with van der Waals surface area (Å²) in [5, 5.41) is 5.46. The highest BCUT2D eigenvalue weighted by atomic mass is 16.1. The predicted octanol–water partition coefficient (Wildman–Crippen LogP) is 2.20. The van der Waals surface area contributed by atoms with Crippen LogP contribution in [0.2, 0.25) is 0 Å². The van der Waals surface area contributed by atoms with Crippen molar-refractivity contribution in [3.05, 3.63) is 48.0 Å². The van der Waals surface area contributed by atoms with Crippen molar-refractivity contribution in [2.24, 2.45) is 7.05 Å². The molecule has 2 aromatic carbocycles. The van der Waals surface area contributed by atoms with Gasteiger partial charge >= 0.3 is 0 Å². The summed E-state index contributed by atoms with van der Waals surface area (Å²) in [4.78, 5) is 12.3. The van der Waals surface area contributed by atoms with Gasteiger partial charge < -0.3 is 9.88 Å². The molecule has 1 amide bonds. The fraction of sp³-hybridized carbons (Fsp3) is 0.316. The number of aromatic nitrogens is 1. The minimum atomic E-state index is 0.00814. The highest BCUT2D eigenvalue weighted by Crippen LogP contribution is 2.28. The van der Waals surface area contributed by atoms with Crippen molar-refractivity contribution in [1.29, 1.82) is 0 Å². The van der Waals surface area contributed by atoms with Crippen LogP contribution in [0.1, 0.15) is 18.9 Å². The van der Waals surface area contributed by atoms with Crippen molar-refractivity contribution in [1.82, 2.24) is 20.7 Å². The van der Waals surface area contributed by atoms with Gasteiger partial charge in [-0.25, -0.2) is 5.43 Å². The third-order valence-corrected chi connectivity index (χ3v) is 4.77. The van der Waals surface area contributed by atoms with Gasteiger partial charge in [0, 0.05) is 34.9 Å². The van der Waals surface area contributed by atoms with Crippen LogP contribution in [0.25, 0.3) is 21.8 Å². The second-order valence-corrected chi connectivity index (χ2v) is 6.65. The fourth-order valence-electron chi connectivity index (χ4n) is 3.57. The highest BCUT2D eigenvalue weighted by molar-refractivity contribution is 6.08. The molecular formula is C19H22N4O. The number of para-hydroxylation sites is 1. The number of benzene rings is 2. The smallest absolute Gasteiger partial charge is 0.225 e. The summed E-state index contributed by atoms with van der Waals surface area (Å²) >= 11 is 0. The Morgan fingerprint density at radius 1 is 1.17 bits per heavy atom. The molecule has 1 aromatic heterocycles. The van der Waals surface area contributed by atoms with Gasteiger partial charge in [-0.2, -0.15) is 0 Å². The molecule has 3 N–H and O–H groups in total. The first-order chi connectivity index (χ1) is 11.6. The van der Waals surface area contributed by atoms with Crippen molar-refractivity contribution in [3.8, 4) is 0 Å². The van der Waals surface area contributed by atoms with Crippen LogP contribution >= 0.6 is 0 Å². The molecule has 2 atom stereocenters. The number of rotatable bonds is 3. The van der Waals surface area contributed by atoms with E-state index in [0.717, 1.165) is 12.0 Å². The van der Waals surface area contributed by atoms with Crippen LogP contribution in [0, 0.1) is 0 Å². The maximum Gasteiger partial charge on any atom is 0.225 e. The molecule has 0 radical (unpaired) electrons. The zero-order chi connectivity index (χ0) is 16.7. The molecule has 1 fully saturated rings. The lowest BCUT2D eigenvalue weighted by molar-refractivity contribution is -0.121. The molecule has 5 heteroatoms. The average molecular weight is 322 g/mol. The number of nitrogens with one attached hydrogen (secondary N) is 3. The maximum absolute atomic E-state index is 12.3. The number of aryl methyl sites for hydroxylation is 1. The Hall–Kier alpha value is -2.37. The van der Waals surface area contributed by atoms with Crippen LogP contribution in [-0.4, -0.2) is 22.7 Å². The summed E-state index contributed by atoms with van der Waals surface area (Å²) < 4.78 is 2.20. The molecule has 1 aliphatic rings. The Morgan fingerprint density at radius 3 is 2.75 bits per heavy atom. The highest BCUT2D eigenvalue weighted by Gasteiger charge is 2.21. The van der Waals surface area contributed by atoms with Crippen molar-refractivity contribution in [2.45, 2.75) is 32.0 Å². The Morgan fingerprint density at radius 2 is 1.96 bits per heavy atom. The van der Waals surface area contributed by atoms with E-state index in [1.54, 1.807) is 0 Å². The molecule has 124 valence electrons. The van der Waals surface area contributed by atoms with Gasteiger partial charge in [0.15, 0.2) is 0 Å². The van der Waals surface area contributed by atoms with Crippen LogP contribution in [-0.2, 0) is 18.3 Å². The van der Waals surface area contributed by atoms with Gasteiger partial charge in [-0.15, -0.1) is 0 Å². The van der Waals surface area contributed by atoms with Crippen LogP contribution in [0.4, 0.5) is 0 Å². The third-order valence-electron chi connectivity index (χ3n) is 4.77. The van der Waals surface area contributed by atoms with Gasteiger partial charge in [0.1, 0.15) is 0 Å². The van der Waals surface area contributed by atoms with E-state index in [0.29, 0.717) is 12.5 Å². The number of fused-ring (bicyclic) bond motifs is 3. The number of hydrogen-bond donors (Lipinski definition) is 3. The quantitative estimate of drug-likeness (QED) is 0.693. The monoisotopic (exact) mass is 322 g/mol. The Kier molecular flexibility index (Phi) is 3.75. The van der Waals surface area contributed by atoms with Gasteiger partial charge in [0.05, 0.1) is 12.6 Å². The third kappa shape index (κ3) is 2.66. The molecule has 2 heterocycles. The first kappa shape index (κ1) is 15.2. The standard InChI is InChI=1S/C19H22N4O/c1-12-9-18(22-21-12)20-19(24)11-13-7-8-17-15(10-13)14-5-3-4-6-16(14)23(17)2/h3-8,10,12,18,21-22H,9,11H2,1-2H3,(H,20,24). The lowest BCUT2D eigenvalue weighted by atomic mass is 10.1. The van der Waals surface area contributed by atoms with E-state index in [1.165, 1.54) is 21.8 Å². The minimum Gasteiger partial charge on any atom is -0.344 e. The van der Waals surface area contributed by atoms with Gasteiger partial charge in [-0.1, -0.05) is 24.3 Å². The van der Waals surface area contributed by atoms with E-state index >= 15 is 0 Å². The van der Waals surface area contributed by atoms with Crippen molar-refractivity contribution >= 4 is 27.7 Å². The van der Waals surface area contributed by atoms with Gasteiger partial charge in [-0.3, -0.25) is 10.2 Å². The van der Waals surface area contributed by atoms with E-state index in [1.807, 2.05) is 6.07 Å². The van der Waals surface area contributed by atoms with E-state index < -0.39 is 0 Å². The maximum atomic E-state index is 12.3. The summed E-state index contributed by atoms with van der Waals surface area (Å²) in [6, 6.07) is 15.0. The minimum absolute atomic E-state index is 0.00814. The van der Waals surface area contributed by atoms with E-state index in [-0.39, 0.29) is 12.1 Å². The molecule has 1 saturated heterocycles. The zero-order valence-corrected chi connectivity index (χ0v) is 14.0. The zero-order valence-electron chi connectivity index (χ0n) is 14.0. The Bertz CT molecular complexity index is 914. The van der Waals surface area contributed by atoms with Crippen LogP contribution in [0.3, 0.4) is 0 Å². The average Bonchev–Trinajstić information content (AvgIpc) is 3.10. The molecule has 0 spiro atoms. The van der Waals surface area contributed by atoms with Gasteiger partial charge in [0.25, 0.3) is 0 Å². The van der Waals surface area contributed by atoms with E-state index in [9.17, 15) is 4.79 Å². The predicted molar refractivity (Wildman–Crippen MR) is 96.4 cm³/mol. The molecule has 5 nitrogen and oxygen atoms in total. The van der Waals surface area contributed by atoms with Gasteiger partial charge in [-0.05, 0) is 37.1 Å². The van der Waals surface area contributed by atoms with Crippen LogP contribution in [0.15, 0.2) is 42.5 Å². The molecule has 2 unspecified atom stereocenters. The summed E-state index contributed by atoms with van der Waals surface area (Å²) in [6.07, 6.45) is 1.30. The largest absolute Gasteiger partial charge is 0.344 e. The molecule has 24 heavy (non-hydrogen) atoms. The van der Waals surface area contributed by atoms with E-state index in [4.69, 9.17) is 0 Å². The van der Waals surface area contributed by atoms with Crippen molar-refractivity contribution in [2.75, 3.05) is 0 Å². The normalized spacial score (nSPS) is 20.8.